The number of benzene rings is 2. The Morgan fingerprint density at radius 1 is 1.14 bits per heavy atom. The summed E-state index contributed by atoms with van der Waals surface area (Å²) in [5, 5.41) is 13.3. The van der Waals surface area contributed by atoms with Gasteiger partial charge in [0.1, 0.15) is 5.75 Å². The molecule has 0 bridgehead atoms. The first-order valence-corrected chi connectivity index (χ1v) is 7.94. The molecule has 0 spiro atoms. The van der Waals surface area contributed by atoms with Crippen molar-refractivity contribution in [3.05, 3.63) is 60.2 Å². The molecule has 0 aromatic heterocycles. The molecule has 0 fully saturated rings. The molecule has 0 radical (unpaired) electrons. The van der Waals surface area contributed by atoms with E-state index < -0.39 is 0 Å². The second-order valence-electron chi connectivity index (χ2n) is 4.63. The van der Waals surface area contributed by atoms with Crippen molar-refractivity contribution in [3.63, 3.8) is 0 Å². The van der Waals surface area contributed by atoms with Crippen molar-refractivity contribution < 1.29 is 9.90 Å². The van der Waals surface area contributed by atoms with Gasteiger partial charge >= 0.3 is 0 Å². The molecule has 4 heteroatoms. The van der Waals surface area contributed by atoms with Gasteiger partial charge in [-0.25, -0.2) is 0 Å². The third kappa shape index (κ3) is 4.53. The highest BCUT2D eigenvalue weighted by molar-refractivity contribution is 8.13. The summed E-state index contributed by atoms with van der Waals surface area (Å²) in [6, 6.07) is 16.7. The number of hydrogen-bond donors (Lipinski definition) is 2. The predicted octanol–water partition coefficient (Wildman–Crippen LogP) is 4.22. The van der Waals surface area contributed by atoms with Gasteiger partial charge in [-0.2, -0.15) is 0 Å². The lowest BCUT2D eigenvalue weighted by atomic mass is 10.0. The van der Waals surface area contributed by atoms with Crippen molar-refractivity contribution in [2.75, 3.05) is 11.1 Å². The monoisotopic (exact) mass is 301 g/mol. The van der Waals surface area contributed by atoms with Crippen LogP contribution in [0, 0.1) is 0 Å². The molecular formula is C17H19NO2S. The minimum atomic E-state index is -0.147. The van der Waals surface area contributed by atoms with E-state index in [1.165, 1.54) is 11.8 Å². The average Bonchev–Trinajstić information content (AvgIpc) is 2.50. The fraction of sp³-hybridized carbons (Fsp3) is 0.235. The van der Waals surface area contributed by atoms with E-state index >= 15 is 0 Å². The summed E-state index contributed by atoms with van der Waals surface area (Å²) in [7, 11) is 0. The Morgan fingerprint density at radius 3 is 2.48 bits per heavy atom. The van der Waals surface area contributed by atoms with E-state index in [4.69, 9.17) is 0 Å². The standard InChI is InChI=1S/C17H19NO2S/c1-2-21-17(20)12-15(13-8-4-3-5-9-13)18-14-10-6-7-11-16(14)19/h3-11,15,18-19H,2,12H2,1H3/t15-/m1/s1. The second kappa shape index (κ2) is 7.74. The van der Waals surface area contributed by atoms with E-state index in [0.29, 0.717) is 12.1 Å². The van der Waals surface area contributed by atoms with Gasteiger partial charge in [-0.1, -0.05) is 61.2 Å². The molecule has 0 saturated heterocycles. The molecule has 0 amide bonds. The number of phenols is 1. The number of aromatic hydroxyl groups is 1. The van der Waals surface area contributed by atoms with Gasteiger partial charge in [0.25, 0.3) is 0 Å². The lowest BCUT2D eigenvalue weighted by molar-refractivity contribution is -0.111. The van der Waals surface area contributed by atoms with Crippen molar-refractivity contribution in [2.24, 2.45) is 0 Å². The molecule has 2 rings (SSSR count). The largest absolute Gasteiger partial charge is 0.506 e. The van der Waals surface area contributed by atoms with Crippen molar-refractivity contribution in [2.45, 2.75) is 19.4 Å². The number of rotatable bonds is 6. The van der Waals surface area contributed by atoms with Gasteiger partial charge in [-0.3, -0.25) is 4.79 Å². The van der Waals surface area contributed by atoms with Crippen molar-refractivity contribution in [1.29, 1.82) is 0 Å². The van der Waals surface area contributed by atoms with Gasteiger partial charge in [-0.15, -0.1) is 0 Å². The quantitative estimate of drug-likeness (QED) is 0.785. The number of thioether (sulfide) groups is 1. The van der Waals surface area contributed by atoms with Crippen LogP contribution < -0.4 is 5.32 Å². The van der Waals surface area contributed by atoms with Gasteiger partial charge in [-0.05, 0) is 23.4 Å². The predicted molar refractivity (Wildman–Crippen MR) is 88.7 cm³/mol. The molecular weight excluding hydrogens is 282 g/mol. The fourth-order valence-corrected chi connectivity index (χ4v) is 2.71. The first kappa shape index (κ1) is 15.4. The Bertz CT molecular complexity index is 586. The van der Waals surface area contributed by atoms with Crippen LogP contribution in [-0.2, 0) is 4.79 Å². The highest BCUT2D eigenvalue weighted by Gasteiger charge is 2.17. The summed E-state index contributed by atoms with van der Waals surface area (Å²) in [6.45, 7) is 1.97. The second-order valence-corrected chi connectivity index (χ2v) is 5.96. The van der Waals surface area contributed by atoms with Crippen LogP contribution in [0.4, 0.5) is 5.69 Å². The van der Waals surface area contributed by atoms with E-state index in [1.54, 1.807) is 12.1 Å². The van der Waals surface area contributed by atoms with Crippen LogP contribution in [0.3, 0.4) is 0 Å². The van der Waals surface area contributed by atoms with E-state index in [-0.39, 0.29) is 16.9 Å². The third-order valence-corrected chi connectivity index (χ3v) is 3.89. The highest BCUT2D eigenvalue weighted by atomic mass is 32.2. The van der Waals surface area contributed by atoms with Crippen LogP contribution >= 0.6 is 11.8 Å². The highest BCUT2D eigenvalue weighted by Crippen LogP contribution is 2.29. The molecule has 0 unspecified atom stereocenters. The van der Waals surface area contributed by atoms with E-state index in [0.717, 1.165) is 11.3 Å². The zero-order chi connectivity index (χ0) is 15.1. The molecule has 21 heavy (non-hydrogen) atoms. The van der Waals surface area contributed by atoms with Crippen LogP contribution in [0.2, 0.25) is 0 Å². The minimum absolute atomic E-state index is 0.147. The molecule has 3 nitrogen and oxygen atoms in total. The summed E-state index contributed by atoms with van der Waals surface area (Å²) in [5.41, 5.74) is 1.67. The van der Waals surface area contributed by atoms with Gasteiger partial charge in [0.15, 0.2) is 5.12 Å². The number of carbonyl (C=O) groups excluding carboxylic acids is 1. The maximum Gasteiger partial charge on any atom is 0.191 e. The summed E-state index contributed by atoms with van der Waals surface area (Å²) in [5.74, 6) is 0.964. The Balaban J connectivity index is 2.20. The SMILES string of the molecule is CCSC(=O)C[C@@H](Nc1ccccc1O)c1ccccc1. The third-order valence-electron chi connectivity index (χ3n) is 3.11. The average molecular weight is 301 g/mol. The van der Waals surface area contributed by atoms with Crippen LogP contribution in [0.1, 0.15) is 24.9 Å². The number of phenolic OH excluding ortho intramolecular Hbond substituents is 1. The van der Waals surface area contributed by atoms with Gasteiger partial charge in [0.05, 0.1) is 11.7 Å². The summed E-state index contributed by atoms with van der Waals surface area (Å²) in [6.07, 6.45) is 0.386. The molecule has 110 valence electrons. The lowest BCUT2D eigenvalue weighted by Gasteiger charge is -2.20. The Hall–Kier alpha value is -1.94. The summed E-state index contributed by atoms with van der Waals surface area (Å²) in [4.78, 5) is 12.0. The maximum absolute atomic E-state index is 12.0. The normalized spacial score (nSPS) is 11.9. The zero-order valence-corrected chi connectivity index (χ0v) is 12.8. The van der Waals surface area contributed by atoms with Gasteiger partial charge in [0, 0.05) is 6.42 Å². The Kier molecular flexibility index (Phi) is 5.69. The fourth-order valence-electron chi connectivity index (χ4n) is 2.11. The number of carbonyl (C=O) groups is 1. The number of nitrogens with one attached hydrogen (secondary N) is 1. The Labute approximate surface area is 129 Å². The maximum atomic E-state index is 12.0. The first-order chi connectivity index (χ1) is 10.2. The molecule has 0 aliphatic rings. The van der Waals surface area contributed by atoms with Crippen LogP contribution in [-0.4, -0.2) is 16.0 Å². The van der Waals surface area contributed by atoms with Gasteiger partial charge < -0.3 is 10.4 Å². The number of hydrogen-bond acceptors (Lipinski definition) is 4. The molecule has 2 aromatic rings. The minimum Gasteiger partial charge on any atom is -0.506 e. The molecule has 2 N–H and O–H groups in total. The molecule has 0 aliphatic heterocycles. The van der Waals surface area contributed by atoms with Crippen molar-refractivity contribution >= 4 is 22.6 Å². The van der Waals surface area contributed by atoms with Crippen molar-refractivity contribution in [3.8, 4) is 5.75 Å². The van der Waals surface area contributed by atoms with Crippen LogP contribution in [0.5, 0.6) is 5.75 Å². The zero-order valence-electron chi connectivity index (χ0n) is 12.0. The number of para-hydroxylation sites is 2. The Morgan fingerprint density at radius 2 is 1.81 bits per heavy atom. The van der Waals surface area contributed by atoms with E-state index in [9.17, 15) is 9.90 Å². The summed E-state index contributed by atoms with van der Waals surface area (Å²) < 4.78 is 0. The lowest BCUT2D eigenvalue weighted by Crippen LogP contribution is -2.14. The molecule has 0 saturated carbocycles. The number of anilines is 1. The van der Waals surface area contributed by atoms with Crippen LogP contribution in [0.15, 0.2) is 54.6 Å². The summed E-state index contributed by atoms with van der Waals surface area (Å²) >= 11 is 1.33. The molecule has 0 heterocycles. The van der Waals surface area contributed by atoms with Gasteiger partial charge in [0.2, 0.25) is 0 Å². The smallest absolute Gasteiger partial charge is 0.191 e. The topological polar surface area (TPSA) is 49.3 Å². The first-order valence-electron chi connectivity index (χ1n) is 6.95. The molecule has 1 atom stereocenters. The van der Waals surface area contributed by atoms with E-state index in [2.05, 4.69) is 5.32 Å². The van der Waals surface area contributed by atoms with E-state index in [1.807, 2.05) is 49.4 Å². The van der Waals surface area contributed by atoms with Crippen LogP contribution in [0.25, 0.3) is 0 Å². The molecule has 2 aromatic carbocycles. The molecule has 0 aliphatic carbocycles. The van der Waals surface area contributed by atoms with Crippen molar-refractivity contribution in [1.82, 2.24) is 0 Å².